The third kappa shape index (κ3) is 2.52. The molecule has 5 heteroatoms. The van der Waals surface area contributed by atoms with Gasteiger partial charge >= 0.3 is 0 Å². The summed E-state index contributed by atoms with van der Waals surface area (Å²) in [4.78, 5) is 12.5. The van der Waals surface area contributed by atoms with E-state index in [-0.39, 0.29) is 11.3 Å². The van der Waals surface area contributed by atoms with Crippen LogP contribution in [0.4, 0.5) is 11.5 Å². The third-order valence-electron chi connectivity index (χ3n) is 3.21. The van der Waals surface area contributed by atoms with Gasteiger partial charge in [-0.15, -0.1) is 0 Å². The Kier molecular flexibility index (Phi) is 3.29. The van der Waals surface area contributed by atoms with Crippen molar-refractivity contribution >= 4 is 17.4 Å². The molecule has 2 aromatic rings. The van der Waals surface area contributed by atoms with Gasteiger partial charge in [-0.1, -0.05) is 20.8 Å². The highest BCUT2D eigenvalue weighted by molar-refractivity contribution is 5.97. The molecule has 0 bridgehead atoms. The Morgan fingerprint density at radius 1 is 1.20 bits per heavy atom. The van der Waals surface area contributed by atoms with Crippen LogP contribution in [-0.2, 0) is 5.41 Å². The van der Waals surface area contributed by atoms with E-state index >= 15 is 0 Å². The number of nitrogen functional groups attached to an aromatic ring is 2. The van der Waals surface area contributed by atoms with Crippen molar-refractivity contribution in [2.24, 2.45) is 0 Å². The number of carbonyl (C=O) groups excluding carboxylic acids is 1. The molecule has 0 spiro atoms. The van der Waals surface area contributed by atoms with E-state index in [0.29, 0.717) is 17.1 Å². The number of hydrogen-bond donors (Lipinski definition) is 2. The lowest BCUT2D eigenvalue weighted by Crippen LogP contribution is -2.18. The molecule has 2 rings (SSSR count). The van der Waals surface area contributed by atoms with Crippen molar-refractivity contribution in [1.82, 2.24) is 9.78 Å². The van der Waals surface area contributed by atoms with Crippen molar-refractivity contribution in [3.8, 4) is 0 Å². The fourth-order valence-corrected chi connectivity index (χ4v) is 1.86. The van der Waals surface area contributed by atoms with Crippen molar-refractivity contribution in [3.63, 3.8) is 0 Å². The number of nitrogens with zero attached hydrogens (tertiary/aromatic N) is 2. The lowest BCUT2D eigenvalue weighted by atomic mass is 9.92. The molecule has 1 aromatic carbocycles. The molecule has 0 amide bonds. The van der Waals surface area contributed by atoms with E-state index in [2.05, 4.69) is 5.10 Å². The maximum Gasteiger partial charge on any atom is 0.280 e. The van der Waals surface area contributed by atoms with Crippen molar-refractivity contribution in [3.05, 3.63) is 41.1 Å². The monoisotopic (exact) mass is 272 g/mol. The lowest BCUT2D eigenvalue weighted by Gasteiger charge is -2.14. The topological polar surface area (TPSA) is 86.9 Å². The summed E-state index contributed by atoms with van der Waals surface area (Å²) in [7, 11) is 0. The molecule has 0 aliphatic carbocycles. The number of hydrogen-bond acceptors (Lipinski definition) is 4. The van der Waals surface area contributed by atoms with Crippen LogP contribution in [0.2, 0.25) is 0 Å². The van der Waals surface area contributed by atoms with Crippen LogP contribution in [-0.4, -0.2) is 15.7 Å². The highest BCUT2D eigenvalue weighted by Crippen LogP contribution is 2.23. The van der Waals surface area contributed by atoms with Crippen molar-refractivity contribution in [2.45, 2.75) is 33.1 Å². The zero-order valence-corrected chi connectivity index (χ0v) is 12.3. The first-order chi connectivity index (χ1) is 9.20. The Hall–Kier alpha value is -2.30. The van der Waals surface area contributed by atoms with Crippen LogP contribution < -0.4 is 11.5 Å². The largest absolute Gasteiger partial charge is 0.399 e. The Morgan fingerprint density at radius 2 is 1.85 bits per heavy atom. The molecule has 0 saturated carbocycles. The van der Waals surface area contributed by atoms with Gasteiger partial charge in [-0.25, -0.2) is 0 Å². The van der Waals surface area contributed by atoms with Gasteiger partial charge in [0.25, 0.3) is 5.91 Å². The molecule has 1 heterocycles. The number of rotatable bonds is 1. The van der Waals surface area contributed by atoms with Gasteiger partial charge in [0.2, 0.25) is 0 Å². The van der Waals surface area contributed by atoms with Crippen LogP contribution in [0.1, 0.15) is 42.4 Å². The molecule has 5 nitrogen and oxygen atoms in total. The summed E-state index contributed by atoms with van der Waals surface area (Å²) < 4.78 is 1.24. The van der Waals surface area contributed by atoms with Crippen molar-refractivity contribution in [2.75, 3.05) is 11.5 Å². The van der Waals surface area contributed by atoms with Crippen LogP contribution >= 0.6 is 0 Å². The highest BCUT2D eigenvalue weighted by Gasteiger charge is 2.22. The van der Waals surface area contributed by atoms with Gasteiger partial charge in [0, 0.05) is 22.7 Å². The molecule has 106 valence electrons. The van der Waals surface area contributed by atoms with Crippen LogP contribution in [0.3, 0.4) is 0 Å². The maximum atomic E-state index is 12.5. The van der Waals surface area contributed by atoms with Gasteiger partial charge in [-0.05, 0) is 30.7 Å². The Morgan fingerprint density at radius 3 is 2.35 bits per heavy atom. The quantitative estimate of drug-likeness (QED) is 0.780. The summed E-state index contributed by atoms with van der Waals surface area (Å²) in [6, 6.07) is 6.88. The van der Waals surface area contributed by atoms with Crippen LogP contribution in [0.15, 0.2) is 24.3 Å². The summed E-state index contributed by atoms with van der Waals surface area (Å²) >= 11 is 0. The number of aromatic nitrogens is 2. The average molecular weight is 272 g/mol. The molecule has 1 aromatic heterocycles. The summed E-state index contributed by atoms with van der Waals surface area (Å²) in [5.74, 6) is 0.0931. The molecule has 0 aliphatic rings. The molecule has 20 heavy (non-hydrogen) atoms. The lowest BCUT2D eigenvalue weighted by molar-refractivity contribution is 0.0947. The first-order valence-corrected chi connectivity index (χ1v) is 6.47. The Balaban J connectivity index is 2.43. The predicted octanol–water partition coefficient (Wildman–Crippen LogP) is 2.34. The van der Waals surface area contributed by atoms with Gasteiger partial charge in [-0.3, -0.25) is 4.79 Å². The fourth-order valence-electron chi connectivity index (χ4n) is 1.86. The van der Waals surface area contributed by atoms with Crippen LogP contribution in [0.25, 0.3) is 0 Å². The summed E-state index contributed by atoms with van der Waals surface area (Å²) in [6.07, 6.45) is 0. The van der Waals surface area contributed by atoms with Gasteiger partial charge < -0.3 is 11.5 Å². The number of anilines is 2. The second-order valence-electron chi connectivity index (χ2n) is 5.99. The van der Waals surface area contributed by atoms with Gasteiger partial charge in [0.05, 0.1) is 5.69 Å². The zero-order chi connectivity index (χ0) is 15.1. The fraction of sp³-hybridized carbons (Fsp3) is 0.333. The molecular formula is C15H20N4O. The van der Waals surface area contributed by atoms with Crippen molar-refractivity contribution in [1.29, 1.82) is 0 Å². The average Bonchev–Trinajstić information content (AvgIpc) is 2.74. The molecule has 4 N–H and O–H groups in total. The number of nitrogens with two attached hydrogens (primary N) is 2. The SMILES string of the molecule is Cc1cc(C(=O)n2nc(C(C)(C)C)cc2N)ccc1N. The zero-order valence-electron chi connectivity index (χ0n) is 12.3. The van der Waals surface area contributed by atoms with E-state index in [9.17, 15) is 4.79 Å². The van der Waals surface area contributed by atoms with E-state index in [1.54, 1.807) is 24.3 Å². The third-order valence-corrected chi connectivity index (χ3v) is 3.21. The molecule has 0 fully saturated rings. The number of carbonyl (C=O) groups is 1. The Bertz CT molecular complexity index is 665. The number of benzene rings is 1. The molecule has 0 saturated heterocycles. The van der Waals surface area contributed by atoms with E-state index in [0.717, 1.165) is 11.3 Å². The van der Waals surface area contributed by atoms with Crippen molar-refractivity contribution < 1.29 is 4.79 Å². The maximum absolute atomic E-state index is 12.5. The Labute approximate surface area is 118 Å². The minimum absolute atomic E-state index is 0.156. The van der Waals surface area contributed by atoms with E-state index in [4.69, 9.17) is 11.5 Å². The number of aryl methyl sites for hydroxylation is 1. The molecule has 0 atom stereocenters. The summed E-state index contributed by atoms with van der Waals surface area (Å²) in [6.45, 7) is 7.93. The first-order valence-electron chi connectivity index (χ1n) is 6.47. The second kappa shape index (κ2) is 4.67. The molecule has 0 aliphatic heterocycles. The molecular weight excluding hydrogens is 252 g/mol. The molecule has 0 radical (unpaired) electrons. The highest BCUT2D eigenvalue weighted by atomic mass is 16.2. The smallest absolute Gasteiger partial charge is 0.280 e. The van der Waals surface area contributed by atoms with E-state index < -0.39 is 0 Å². The standard InChI is InChI=1S/C15H20N4O/c1-9-7-10(5-6-11(9)16)14(20)19-13(17)8-12(18-19)15(2,3)4/h5-8H,16-17H2,1-4H3. The van der Waals surface area contributed by atoms with Gasteiger partial charge in [-0.2, -0.15) is 9.78 Å². The minimum atomic E-state index is -0.249. The van der Waals surface area contributed by atoms with Gasteiger partial charge in [0.15, 0.2) is 0 Å². The second-order valence-corrected chi connectivity index (χ2v) is 5.99. The van der Waals surface area contributed by atoms with Crippen LogP contribution in [0.5, 0.6) is 0 Å². The van der Waals surface area contributed by atoms with E-state index in [1.807, 2.05) is 27.7 Å². The minimum Gasteiger partial charge on any atom is -0.399 e. The summed E-state index contributed by atoms with van der Waals surface area (Å²) in [5.41, 5.74) is 14.3. The van der Waals surface area contributed by atoms with E-state index in [1.165, 1.54) is 4.68 Å². The van der Waals surface area contributed by atoms with Gasteiger partial charge in [0.1, 0.15) is 5.82 Å². The summed E-state index contributed by atoms with van der Waals surface area (Å²) in [5, 5.41) is 4.32. The predicted molar refractivity (Wildman–Crippen MR) is 80.7 cm³/mol. The normalized spacial score (nSPS) is 11.6. The molecule has 0 unspecified atom stereocenters. The van der Waals surface area contributed by atoms with Crippen LogP contribution in [0, 0.1) is 6.92 Å². The first kappa shape index (κ1) is 14.1.